The van der Waals surface area contributed by atoms with Gasteiger partial charge in [0.25, 0.3) is 5.56 Å². The summed E-state index contributed by atoms with van der Waals surface area (Å²) in [5.41, 5.74) is 2.26. The molecule has 0 aromatic carbocycles. The fourth-order valence-corrected chi connectivity index (χ4v) is 2.87. The van der Waals surface area contributed by atoms with Crippen molar-refractivity contribution in [1.82, 2.24) is 29.3 Å². The van der Waals surface area contributed by atoms with Crippen molar-refractivity contribution in [2.75, 3.05) is 11.9 Å². The van der Waals surface area contributed by atoms with E-state index in [0.29, 0.717) is 24.7 Å². The second-order valence-electron chi connectivity index (χ2n) is 7.19. The zero-order chi connectivity index (χ0) is 20.3. The zero-order valence-corrected chi connectivity index (χ0v) is 17.0. The third kappa shape index (κ3) is 4.59. The van der Waals surface area contributed by atoms with Gasteiger partial charge in [0.05, 0.1) is 18.5 Å². The van der Waals surface area contributed by atoms with Crippen LogP contribution in [-0.2, 0) is 27.7 Å². The second kappa shape index (κ2) is 8.28. The van der Waals surface area contributed by atoms with Crippen LogP contribution < -0.4 is 15.6 Å². The second-order valence-corrected chi connectivity index (χ2v) is 7.19. The predicted octanol–water partition coefficient (Wildman–Crippen LogP) is 1.68. The SMILES string of the molecule is C[C@H](COc1cc(NCc2cnn(C)c2)c(=O)n(C)n1)[C@H](C)c1ccn(C)n1. The first-order chi connectivity index (χ1) is 13.3. The minimum atomic E-state index is -0.203. The van der Waals surface area contributed by atoms with Gasteiger partial charge in [-0.05, 0) is 12.0 Å². The first-order valence-corrected chi connectivity index (χ1v) is 9.25. The van der Waals surface area contributed by atoms with Crippen LogP contribution in [0.2, 0.25) is 0 Å². The fourth-order valence-electron chi connectivity index (χ4n) is 2.87. The van der Waals surface area contributed by atoms with Crippen LogP contribution in [0.25, 0.3) is 0 Å². The number of aromatic nitrogens is 6. The lowest BCUT2D eigenvalue weighted by Crippen LogP contribution is -2.24. The molecular formula is C19H27N7O2. The molecule has 3 heterocycles. The molecule has 0 aliphatic carbocycles. The lowest BCUT2D eigenvalue weighted by Gasteiger charge is -2.18. The molecule has 28 heavy (non-hydrogen) atoms. The molecule has 0 aliphatic heterocycles. The van der Waals surface area contributed by atoms with E-state index in [2.05, 4.69) is 34.5 Å². The highest BCUT2D eigenvalue weighted by molar-refractivity contribution is 5.43. The summed E-state index contributed by atoms with van der Waals surface area (Å²) < 4.78 is 10.7. The molecular weight excluding hydrogens is 358 g/mol. The Labute approximate surface area is 163 Å². The van der Waals surface area contributed by atoms with Gasteiger partial charge in [-0.2, -0.15) is 10.2 Å². The van der Waals surface area contributed by atoms with E-state index in [1.165, 1.54) is 4.68 Å². The topological polar surface area (TPSA) is 91.8 Å². The minimum absolute atomic E-state index is 0.203. The van der Waals surface area contributed by atoms with Gasteiger partial charge in [0.1, 0.15) is 5.69 Å². The molecule has 2 atom stereocenters. The molecule has 150 valence electrons. The molecule has 0 unspecified atom stereocenters. The van der Waals surface area contributed by atoms with Crippen molar-refractivity contribution >= 4 is 5.69 Å². The number of rotatable bonds is 8. The van der Waals surface area contributed by atoms with E-state index in [9.17, 15) is 4.79 Å². The van der Waals surface area contributed by atoms with Crippen LogP contribution in [-0.4, -0.2) is 35.9 Å². The largest absolute Gasteiger partial charge is 0.476 e. The van der Waals surface area contributed by atoms with Crippen molar-refractivity contribution in [1.29, 1.82) is 0 Å². The van der Waals surface area contributed by atoms with Gasteiger partial charge < -0.3 is 10.1 Å². The molecule has 0 spiro atoms. The van der Waals surface area contributed by atoms with Crippen molar-refractivity contribution in [2.24, 2.45) is 27.1 Å². The van der Waals surface area contributed by atoms with Crippen LogP contribution in [0.5, 0.6) is 5.88 Å². The number of anilines is 1. The van der Waals surface area contributed by atoms with Gasteiger partial charge >= 0.3 is 0 Å². The number of ether oxygens (including phenoxy) is 1. The molecule has 0 aliphatic rings. The molecule has 9 heteroatoms. The average molecular weight is 385 g/mol. The van der Waals surface area contributed by atoms with Crippen molar-refractivity contribution in [3.8, 4) is 5.88 Å². The first kappa shape index (κ1) is 19.7. The quantitative estimate of drug-likeness (QED) is 0.634. The highest BCUT2D eigenvalue weighted by Crippen LogP contribution is 2.23. The predicted molar refractivity (Wildman–Crippen MR) is 106 cm³/mol. The van der Waals surface area contributed by atoms with Gasteiger partial charge in [-0.3, -0.25) is 14.2 Å². The van der Waals surface area contributed by atoms with Gasteiger partial charge in [0, 0.05) is 57.6 Å². The van der Waals surface area contributed by atoms with E-state index in [1.54, 1.807) is 28.7 Å². The summed E-state index contributed by atoms with van der Waals surface area (Å²) in [6.07, 6.45) is 5.60. The lowest BCUT2D eigenvalue weighted by atomic mass is 9.94. The number of hydrogen-bond acceptors (Lipinski definition) is 6. The van der Waals surface area contributed by atoms with Crippen LogP contribution in [0.3, 0.4) is 0 Å². The summed E-state index contributed by atoms with van der Waals surface area (Å²) >= 11 is 0. The Hall–Kier alpha value is -3.10. The molecule has 3 rings (SSSR count). The van der Waals surface area contributed by atoms with Crippen molar-refractivity contribution in [2.45, 2.75) is 26.3 Å². The summed E-state index contributed by atoms with van der Waals surface area (Å²) in [6.45, 7) is 5.22. The summed E-state index contributed by atoms with van der Waals surface area (Å²) in [4.78, 5) is 12.3. The highest BCUT2D eigenvalue weighted by Gasteiger charge is 2.18. The van der Waals surface area contributed by atoms with Crippen molar-refractivity contribution < 1.29 is 4.74 Å². The molecule has 0 saturated carbocycles. The molecule has 0 saturated heterocycles. The van der Waals surface area contributed by atoms with Gasteiger partial charge in [0.2, 0.25) is 5.88 Å². The average Bonchev–Trinajstić information content (AvgIpc) is 3.28. The van der Waals surface area contributed by atoms with Crippen LogP contribution >= 0.6 is 0 Å². The number of hydrogen-bond donors (Lipinski definition) is 1. The van der Waals surface area contributed by atoms with Gasteiger partial charge in [-0.15, -0.1) is 5.10 Å². The Kier molecular flexibility index (Phi) is 5.81. The zero-order valence-electron chi connectivity index (χ0n) is 17.0. The molecule has 0 radical (unpaired) electrons. The molecule has 9 nitrogen and oxygen atoms in total. The van der Waals surface area contributed by atoms with Crippen LogP contribution in [0.1, 0.15) is 31.0 Å². The van der Waals surface area contributed by atoms with Gasteiger partial charge in [-0.1, -0.05) is 13.8 Å². The van der Waals surface area contributed by atoms with Crippen LogP contribution in [0.4, 0.5) is 5.69 Å². The first-order valence-electron chi connectivity index (χ1n) is 9.25. The summed E-state index contributed by atoms with van der Waals surface area (Å²) in [6, 6.07) is 3.67. The maximum atomic E-state index is 12.3. The molecule has 0 fully saturated rings. The number of nitrogens with one attached hydrogen (secondary N) is 1. The summed E-state index contributed by atoms with van der Waals surface area (Å²) in [7, 11) is 5.38. The van der Waals surface area contributed by atoms with Crippen LogP contribution in [0.15, 0.2) is 35.5 Å². The van der Waals surface area contributed by atoms with E-state index >= 15 is 0 Å². The maximum absolute atomic E-state index is 12.3. The van der Waals surface area contributed by atoms with E-state index in [0.717, 1.165) is 11.3 Å². The summed E-state index contributed by atoms with van der Waals surface area (Å²) in [5.74, 6) is 0.897. The van der Waals surface area contributed by atoms with Crippen molar-refractivity contribution in [3.05, 3.63) is 52.3 Å². The Morgan fingerprint density at radius 1 is 1.18 bits per heavy atom. The third-order valence-electron chi connectivity index (χ3n) is 4.83. The van der Waals surface area contributed by atoms with Gasteiger partial charge in [-0.25, -0.2) is 4.68 Å². The van der Waals surface area contributed by atoms with Gasteiger partial charge in [0.15, 0.2) is 0 Å². The van der Waals surface area contributed by atoms with E-state index in [-0.39, 0.29) is 17.4 Å². The van der Waals surface area contributed by atoms with E-state index in [1.807, 2.05) is 32.6 Å². The molecule has 0 amide bonds. The molecule has 3 aromatic rings. The molecule has 3 aromatic heterocycles. The van der Waals surface area contributed by atoms with Crippen LogP contribution in [0, 0.1) is 5.92 Å². The smallest absolute Gasteiger partial charge is 0.290 e. The normalized spacial score (nSPS) is 13.3. The number of aryl methyl sites for hydroxylation is 3. The Morgan fingerprint density at radius 3 is 2.61 bits per heavy atom. The maximum Gasteiger partial charge on any atom is 0.290 e. The Bertz CT molecular complexity index is 988. The highest BCUT2D eigenvalue weighted by atomic mass is 16.5. The molecule has 1 N–H and O–H groups in total. The van der Waals surface area contributed by atoms with E-state index < -0.39 is 0 Å². The summed E-state index contributed by atoms with van der Waals surface area (Å²) in [5, 5.41) is 15.9. The Morgan fingerprint density at radius 2 is 1.96 bits per heavy atom. The van der Waals surface area contributed by atoms with Crippen molar-refractivity contribution in [3.63, 3.8) is 0 Å². The standard InChI is InChI=1S/C19H27N7O2/c1-13(14(2)16-6-7-24(3)22-16)12-28-18-8-17(19(27)26(5)23-18)20-9-15-10-21-25(4)11-15/h6-8,10-11,13-14,20H,9,12H2,1-5H3/t13-,14+/m1/s1. The minimum Gasteiger partial charge on any atom is -0.476 e. The third-order valence-corrected chi connectivity index (χ3v) is 4.83. The fraction of sp³-hybridized carbons (Fsp3) is 0.474. The molecule has 0 bridgehead atoms. The monoisotopic (exact) mass is 385 g/mol. The lowest BCUT2D eigenvalue weighted by molar-refractivity contribution is 0.227. The van der Waals surface area contributed by atoms with E-state index in [4.69, 9.17) is 4.74 Å². The number of nitrogens with zero attached hydrogens (tertiary/aromatic N) is 6. The Balaban J connectivity index is 1.65.